The Morgan fingerprint density at radius 3 is 2.42 bits per heavy atom. The number of ether oxygens (including phenoxy) is 1. The number of aryl methyl sites for hydroxylation is 1. The predicted molar refractivity (Wildman–Crippen MR) is 97.6 cm³/mol. The van der Waals surface area contributed by atoms with Gasteiger partial charge in [0.1, 0.15) is 5.75 Å². The van der Waals surface area contributed by atoms with Crippen LogP contribution in [-0.4, -0.2) is 37.2 Å². The molecule has 0 bridgehead atoms. The topological polar surface area (TPSA) is 53.9 Å². The van der Waals surface area contributed by atoms with Crippen molar-refractivity contribution >= 4 is 17.3 Å². The van der Waals surface area contributed by atoms with Crippen molar-refractivity contribution in [2.45, 2.75) is 13.8 Å². The number of carbonyl (C=O) groups excluding carboxylic acids is 1. The third-order valence-electron chi connectivity index (χ3n) is 3.62. The van der Waals surface area contributed by atoms with Crippen molar-refractivity contribution in [1.82, 2.24) is 4.90 Å². The molecule has 2 aromatic carbocycles. The van der Waals surface area contributed by atoms with Crippen molar-refractivity contribution in [2.75, 3.05) is 26.1 Å². The van der Waals surface area contributed by atoms with Gasteiger partial charge in [-0.05, 0) is 55.3 Å². The van der Waals surface area contributed by atoms with E-state index in [1.54, 1.807) is 14.1 Å². The summed E-state index contributed by atoms with van der Waals surface area (Å²) >= 11 is 0. The molecule has 2 aromatic rings. The number of para-hydroxylation sites is 1. The van der Waals surface area contributed by atoms with Crippen LogP contribution in [-0.2, 0) is 4.79 Å². The standard InChI is InChI=1S/C19H23N3O2/c1-14-7-5-6-8-18(14)21-20-15(2)16-9-11-17(12-10-16)24-13-19(23)22(3)4/h5-12,21H,13H2,1-4H3/b20-15-. The van der Waals surface area contributed by atoms with Crippen molar-refractivity contribution in [2.24, 2.45) is 5.10 Å². The van der Waals surface area contributed by atoms with Crippen LogP contribution in [0.25, 0.3) is 0 Å². The maximum Gasteiger partial charge on any atom is 0.259 e. The van der Waals surface area contributed by atoms with Crippen LogP contribution in [0.2, 0.25) is 0 Å². The number of rotatable bonds is 6. The summed E-state index contributed by atoms with van der Waals surface area (Å²) < 4.78 is 5.46. The molecule has 5 heteroatoms. The molecule has 5 nitrogen and oxygen atoms in total. The number of hydrogen-bond acceptors (Lipinski definition) is 4. The minimum atomic E-state index is -0.0701. The van der Waals surface area contributed by atoms with Crippen LogP contribution in [0.15, 0.2) is 53.6 Å². The zero-order valence-corrected chi connectivity index (χ0v) is 14.5. The second-order valence-corrected chi connectivity index (χ2v) is 5.73. The Kier molecular flexibility index (Phi) is 5.95. The van der Waals surface area contributed by atoms with Gasteiger partial charge in [0.05, 0.1) is 11.4 Å². The summed E-state index contributed by atoms with van der Waals surface area (Å²) in [4.78, 5) is 13.0. The third-order valence-corrected chi connectivity index (χ3v) is 3.62. The molecule has 0 saturated carbocycles. The van der Waals surface area contributed by atoms with Gasteiger partial charge in [-0.25, -0.2) is 0 Å². The van der Waals surface area contributed by atoms with E-state index in [-0.39, 0.29) is 12.5 Å². The van der Waals surface area contributed by atoms with Crippen LogP contribution >= 0.6 is 0 Å². The molecular weight excluding hydrogens is 302 g/mol. The first-order chi connectivity index (χ1) is 11.5. The Hall–Kier alpha value is -2.82. The lowest BCUT2D eigenvalue weighted by Gasteiger charge is -2.11. The number of amides is 1. The lowest BCUT2D eigenvalue weighted by atomic mass is 10.1. The molecule has 0 spiro atoms. The molecule has 0 radical (unpaired) electrons. The van der Waals surface area contributed by atoms with E-state index < -0.39 is 0 Å². The van der Waals surface area contributed by atoms with Gasteiger partial charge in [-0.1, -0.05) is 18.2 Å². The van der Waals surface area contributed by atoms with E-state index in [9.17, 15) is 4.79 Å². The second kappa shape index (κ2) is 8.15. The molecule has 0 aliphatic rings. The molecule has 0 fully saturated rings. The van der Waals surface area contributed by atoms with Crippen molar-refractivity contribution in [3.8, 4) is 5.75 Å². The van der Waals surface area contributed by atoms with Crippen molar-refractivity contribution in [1.29, 1.82) is 0 Å². The van der Waals surface area contributed by atoms with E-state index in [0.29, 0.717) is 5.75 Å². The zero-order valence-electron chi connectivity index (χ0n) is 14.5. The van der Waals surface area contributed by atoms with Gasteiger partial charge in [0.25, 0.3) is 5.91 Å². The summed E-state index contributed by atoms with van der Waals surface area (Å²) in [5.41, 5.74) is 7.07. The maximum atomic E-state index is 11.5. The van der Waals surface area contributed by atoms with E-state index in [2.05, 4.69) is 10.5 Å². The molecule has 2 rings (SSSR count). The highest BCUT2D eigenvalue weighted by Crippen LogP contribution is 2.15. The molecule has 1 N–H and O–H groups in total. The van der Waals surface area contributed by atoms with E-state index in [1.807, 2.05) is 62.4 Å². The number of benzene rings is 2. The number of hydrogen-bond donors (Lipinski definition) is 1. The normalized spacial score (nSPS) is 11.1. The highest BCUT2D eigenvalue weighted by atomic mass is 16.5. The Labute approximate surface area is 142 Å². The fourth-order valence-electron chi connectivity index (χ4n) is 1.97. The van der Waals surface area contributed by atoms with Crippen LogP contribution < -0.4 is 10.2 Å². The van der Waals surface area contributed by atoms with Crippen LogP contribution in [0.1, 0.15) is 18.1 Å². The van der Waals surface area contributed by atoms with Crippen LogP contribution in [0.3, 0.4) is 0 Å². The molecule has 0 heterocycles. The molecule has 0 aromatic heterocycles. The molecule has 0 saturated heterocycles. The lowest BCUT2D eigenvalue weighted by Crippen LogP contribution is -2.27. The van der Waals surface area contributed by atoms with Crippen molar-refractivity contribution < 1.29 is 9.53 Å². The van der Waals surface area contributed by atoms with Gasteiger partial charge in [-0.2, -0.15) is 5.10 Å². The first-order valence-electron chi connectivity index (χ1n) is 7.76. The molecule has 0 atom stereocenters. The van der Waals surface area contributed by atoms with Gasteiger partial charge in [0.15, 0.2) is 6.61 Å². The van der Waals surface area contributed by atoms with Gasteiger partial charge in [0, 0.05) is 14.1 Å². The Morgan fingerprint density at radius 2 is 1.79 bits per heavy atom. The molecule has 0 unspecified atom stereocenters. The molecule has 0 aliphatic heterocycles. The average molecular weight is 325 g/mol. The number of carbonyl (C=O) groups is 1. The van der Waals surface area contributed by atoms with E-state index in [1.165, 1.54) is 4.90 Å². The summed E-state index contributed by atoms with van der Waals surface area (Å²) in [6.07, 6.45) is 0. The third kappa shape index (κ3) is 4.84. The van der Waals surface area contributed by atoms with Gasteiger partial charge in [-0.3, -0.25) is 10.2 Å². The Balaban J connectivity index is 1.98. The van der Waals surface area contributed by atoms with Crippen LogP contribution in [0.5, 0.6) is 5.75 Å². The van der Waals surface area contributed by atoms with Crippen molar-refractivity contribution in [3.05, 3.63) is 59.7 Å². The largest absolute Gasteiger partial charge is 0.484 e. The number of nitrogens with zero attached hydrogens (tertiary/aromatic N) is 2. The first-order valence-corrected chi connectivity index (χ1v) is 7.76. The smallest absolute Gasteiger partial charge is 0.259 e. The monoisotopic (exact) mass is 325 g/mol. The Morgan fingerprint density at radius 1 is 1.12 bits per heavy atom. The van der Waals surface area contributed by atoms with Crippen LogP contribution in [0, 0.1) is 6.92 Å². The second-order valence-electron chi connectivity index (χ2n) is 5.73. The SMILES string of the molecule is C/C(=N/Nc1ccccc1C)c1ccc(OCC(=O)N(C)C)cc1. The number of likely N-dealkylation sites (N-methyl/N-ethyl adjacent to an activating group) is 1. The number of hydrazone groups is 1. The predicted octanol–water partition coefficient (Wildman–Crippen LogP) is 3.30. The highest BCUT2D eigenvalue weighted by Gasteiger charge is 2.05. The first kappa shape index (κ1) is 17.5. The molecule has 24 heavy (non-hydrogen) atoms. The lowest BCUT2D eigenvalue weighted by molar-refractivity contribution is -0.130. The molecule has 1 amide bonds. The molecule has 126 valence electrons. The van der Waals surface area contributed by atoms with Crippen molar-refractivity contribution in [3.63, 3.8) is 0 Å². The van der Waals surface area contributed by atoms with Gasteiger partial charge in [-0.15, -0.1) is 0 Å². The number of anilines is 1. The summed E-state index contributed by atoms with van der Waals surface area (Å²) in [5, 5.41) is 4.42. The minimum absolute atomic E-state index is 0.0360. The number of nitrogens with one attached hydrogen (secondary N) is 1. The summed E-state index contributed by atoms with van der Waals surface area (Å²) in [5.74, 6) is 0.591. The average Bonchev–Trinajstić information content (AvgIpc) is 2.59. The molecule has 0 aliphatic carbocycles. The minimum Gasteiger partial charge on any atom is -0.484 e. The van der Waals surface area contributed by atoms with E-state index >= 15 is 0 Å². The summed E-state index contributed by atoms with van der Waals surface area (Å²) in [6, 6.07) is 15.5. The van der Waals surface area contributed by atoms with Gasteiger partial charge < -0.3 is 9.64 Å². The van der Waals surface area contributed by atoms with E-state index in [4.69, 9.17) is 4.74 Å². The fourth-order valence-corrected chi connectivity index (χ4v) is 1.97. The molecular formula is C19H23N3O2. The highest BCUT2D eigenvalue weighted by molar-refractivity contribution is 5.99. The summed E-state index contributed by atoms with van der Waals surface area (Å²) in [6.45, 7) is 4.01. The summed E-state index contributed by atoms with van der Waals surface area (Å²) in [7, 11) is 3.41. The van der Waals surface area contributed by atoms with Gasteiger partial charge in [0.2, 0.25) is 0 Å². The fraction of sp³-hybridized carbons (Fsp3) is 0.263. The van der Waals surface area contributed by atoms with E-state index in [0.717, 1.165) is 22.5 Å². The van der Waals surface area contributed by atoms with Crippen LogP contribution in [0.4, 0.5) is 5.69 Å². The van der Waals surface area contributed by atoms with Gasteiger partial charge >= 0.3 is 0 Å². The zero-order chi connectivity index (χ0) is 17.5. The Bertz CT molecular complexity index is 722. The maximum absolute atomic E-state index is 11.5. The quantitative estimate of drug-likeness (QED) is 0.655.